The number of likely N-dealkylation sites (tertiary alicyclic amines) is 1. The Bertz CT molecular complexity index is 763. The molecule has 1 aliphatic rings. The second-order valence-electron chi connectivity index (χ2n) is 5.90. The highest BCUT2D eigenvalue weighted by Gasteiger charge is 2.27. The molecule has 0 saturated carbocycles. The molecule has 0 N–H and O–H groups in total. The van der Waals surface area contributed by atoms with Gasteiger partial charge in [0.05, 0.1) is 0 Å². The lowest BCUT2D eigenvalue weighted by Gasteiger charge is -2.32. The van der Waals surface area contributed by atoms with Crippen molar-refractivity contribution in [2.45, 2.75) is 39.3 Å². The number of carbonyl (C=O) groups is 1. The number of carbonyl (C=O) groups excluding carboxylic acids is 1. The molecule has 0 aliphatic carbocycles. The third-order valence-corrected chi connectivity index (χ3v) is 4.43. The number of hydrogen-bond donors (Lipinski definition) is 0. The van der Waals surface area contributed by atoms with E-state index in [-0.39, 0.29) is 17.6 Å². The maximum absolute atomic E-state index is 12.5. The lowest BCUT2D eigenvalue weighted by atomic mass is 10.0. The van der Waals surface area contributed by atoms with E-state index >= 15 is 0 Å². The van der Waals surface area contributed by atoms with E-state index in [2.05, 4.69) is 10.2 Å². The van der Waals surface area contributed by atoms with Crippen LogP contribution in [0.3, 0.4) is 0 Å². The molecule has 0 aromatic carbocycles. The first-order valence-corrected chi connectivity index (χ1v) is 7.96. The van der Waals surface area contributed by atoms with E-state index in [1.807, 2.05) is 24.9 Å². The number of hydrogen-bond acceptors (Lipinski definition) is 4. The summed E-state index contributed by atoms with van der Waals surface area (Å²) in [6.07, 6.45) is 3.33. The van der Waals surface area contributed by atoms with E-state index in [1.54, 1.807) is 22.4 Å². The van der Waals surface area contributed by atoms with E-state index in [0.717, 1.165) is 25.2 Å². The minimum absolute atomic E-state index is 0.0362. The molecule has 23 heavy (non-hydrogen) atoms. The molecule has 0 bridgehead atoms. The number of aryl methyl sites for hydroxylation is 3. The molecular weight excluding hydrogens is 296 g/mol. The molecule has 8 heteroatoms. The SMILES string of the molecule is CCn1ccc(C(=O)N2CCC(n3c(C)nn(C)c3=O)CC2)n1. The van der Waals surface area contributed by atoms with Crippen molar-refractivity contribution >= 4 is 5.91 Å². The normalized spacial score (nSPS) is 16.0. The largest absolute Gasteiger partial charge is 0.345 e. The van der Waals surface area contributed by atoms with Crippen molar-refractivity contribution in [3.8, 4) is 0 Å². The average Bonchev–Trinajstić information content (AvgIpc) is 3.12. The first-order chi connectivity index (χ1) is 11.0. The van der Waals surface area contributed by atoms with Crippen molar-refractivity contribution in [2.75, 3.05) is 13.1 Å². The second-order valence-corrected chi connectivity index (χ2v) is 5.90. The first-order valence-electron chi connectivity index (χ1n) is 7.96. The van der Waals surface area contributed by atoms with Gasteiger partial charge in [-0.2, -0.15) is 10.2 Å². The Hall–Kier alpha value is -2.38. The molecule has 3 rings (SSSR count). The molecule has 8 nitrogen and oxygen atoms in total. The lowest BCUT2D eigenvalue weighted by molar-refractivity contribution is 0.0686. The second kappa shape index (κ2) is 6.02. The Kier molecular flexibility index (Phi) is 4.06. The van der Waals surface area contributed by atoms with Gasteiger partial charge in [-0.05, 0) is 32.8 Å². The van der Waals surface area contributed by atoms with Gasteiger partial charge in [-0.1, -0.05) is 0 Å². The summed E-state index contributed by atoms with van der Waals surface area (Å²) in [6.45, 7) is 5.84. The molecule has 1 fully saturated rings. The summed E-state index contributed by atoms with van der Waals surface area (Å²) in [5.74, 6) is 0.690. The van der Waals surface area contributed by atoms with Gasteiger partial charge in [-0.15, -0.1) is 0 Å². The van der Waals surface area contributed by atoms with Gasteiger partial charge in [0.15, 0.2) is 0 Å². The molecule has 0 radical (unpaired) electrons. The van der Waals surface area contributed by atoms with Crippen LogP contribution < -0.4 is 5.69 Å². The van der Waals surface area contributed by atoms with Crippen LogP contribution in [-0.4, -0.2) is 48.0 Å². The lowest BCUT2D eigenvalue weighted by Crippen LogP contribution is -2.41. The van der Waals surface area contributed by atoms with Crippen LogP contribution in [0.1, 0.15) is 42.1 Å². The van der Waals surface area contributed by atoms with Gasteiger partial charge in [-0.25, -0.2) is 9.48 Å². The number of nitrogens with zero attached hydrogens (tertiary/aromatic N) is 6. The predicted octanol–water partition coefficient (Wildman–Crippen LogP) is 0.584. The van der Waals surface area contributed by atoms with Gasteiger partial charge in [0, 0.05) is 38.9 Å². The topological polar surface area (TPSA) is 78.0 Å². The molecule has 0 unspecified atom stereocenters. The van der Waals surface area contributed by atoms with Crippen molar-refractivity contribution in [2.24, 2.45) is 7.05 Å². The zero-order chi connectivity index (χ0) is 16.6. The zero-order valence-electron chi connectivity index (χ0n) is 13.8. The highest BCUT2D eigenvalue weighted by atomic mass is 16.2. The van der Waals surface area contributed by atoms with Crippen LogP contribution in [0.5, 0.6) is 0 Å². The van der Waals surface area contributed by atoms with Crippen LogP contribution in [0.2, 0.25) is 0 Å². The fourth-order valence-corrected chi connectivity index (χ4v) is 3.16. The molecule has 1 saturated heterocycles. The molecule has 1 amide bonds. The predicted molar refractivity (Wildman–Crippen MR) is 84.3 cm³/mol. The molecular formula is C15H22N6O2. The van der Waals surface area contributed by atoms with Crippen LogP contribution in [0.15, 0.2) is 17.1 Å². The van der Waals surface area contributed by atoms with Crippen LogP contribution in [0, 0.1) is 6.92 Å². The van der Waals surface area contributed by atoms with Crippen molar-refractivity contribution in [3.05, 3.63) is 34.3 Å². The van der Waals surface area contributed by atoms with E-state index in [4.69, 9.17) is 0 Å². The smallest absolute Gasteiger partial charge is 0.337 e. The van der Waals surface area contributed by atoms with Crippen LogP contribution in [0.4, 0.5) is 0 Å². The molecule has 0 spiro atoms. The van der Waals surface area contributed by atoms with Gasteiger partial charge >= 0.3 is 5.69 Å². The van der Waals surface area contributed by atoms with Crippen molar-refractivity contribution in [1.82, 2.24) is 29.0 Å². The molecule has 124 valence electrons. The van der Waals surface area contributed by atoms with E-state index in [0.29, 0.717) is 18.8 Å². The maximum atomic E-state index is 12.5. The molecule has 2 aromatic rings. The van der Waals surface area contributed by atoms with Gasteiger partial charge < -0.3 is 4.90 Å². The molecule has 0 atom stereocenters. The Morgan fingerprint density at radius 3 is 2.52 bits per heavy atom. The standard InChI is InChI=1S/C15H22N6O2/c1-4-20-10-7-13(17-20)14(22)19-8-5-12(6-9-19)21-11(2)16-18(3)15(21)23/h7,10,12H,4-6,8-9H2,1-3H3. The Morgan fingerprint density at radius 2 is 2.00 bits per heavy atom. The fraction of sp³-hybridized carbons (Fsp3) is 0.600. The maximum Gasteiger partial charge on any atom is 0.345 e. The third-order valence-electron chi connectivity index (χ3n) is 4.43. The molecule has 1 aliphatic heterocycles. The minimum atomic E-state index is -0.0889. The number of aromatic nitrogens is 5. The number of rotatable bonds is 3. The Labute approximate surface area is 134 Å². The van der Waals surface area contributed by atoms with Gasteiger partial charge in [0.2, 0.25) is 0 Å². The Balaban J connectivity index is 1.68. The van der Waals surface area contributed by atoms with Gasteiger partial charge in [0.25, 0.3) is 5.91 Å². The van der Waals surface area contributed by atoms with Crippen molar-refractivity contribution in [3.63, 3.8) is 0 Å². The quantitative estimate of drug-likeness (QED) is 0.829. The van der Waals surface area contributed by atoms with Gasteiger partial charge in [0.1, 0.15) is 11.5 Å². The zero-order valence-corrected chi connectivity index (χ0v) is 13.8. The summed E-state index contributed by atoms with van der Waals surface area (Å²) in [7, 11) is 1.66. The highest BCUT2D eigenvalue weighted by molar-refractivity contribution is 5.92. The average molecular weight is 318 g/mol. The summed E-state index contributed by atoms with van der Waals surface area (Å²) in [4.78, 5) is 26.4. The monoisotopic (exact) mass is 318 g/mol. The minimum Gasteiger partial charge on any atom is -0.337 e. The van der Waals surface area contributed by atoms with Crippen LogP contribution in [-0.2, 0) is 13.6 Å². The van der Waals surface area contributed by atoms with E-state index in [1.165, 1.54) is 4.68 Å². The summed E-state index contributed by atoms with van der Waals surface area (Å²) < 4.78 is 4.86. The summed E-state index contributed by atoms with van der Waals surface area (Å²) >= 11 is 0. The summed E-state index contributed by atoms with van der Waals surface area (Å²) in [5, 5.41) is 8.44. The summed E-state index contributed by atoms with van der Waals surface area (Å²) in [6, 6.07) is 1.86. The first kappa shape index (κ1) is 15.5. The molecule has 2 aromatic heterocycles. The van der Waals surface area contributed by atoms with Crippen LogP contribution in [0.25, 0.3) is 0 Å². The van der Waals surface area contributed by atoms with Crippen molar-refractivity contribution < 1.29 is 4.79 Å². The number of amides is 1. The molecule has 3 heterocycles. The Morgan fingerprint density at radius 1 is 1.30 bits per heavy atom. The summed E-state index contributed by atoms with van der Waals surface area (Å²) in [5.41, 5.74) is 0.397. The highest BCUT2D eigenvalue weighted by Crippen LogP contribution is 2.23. The van der Waals surface area contributed by atoms with E-state index in [9.17, 15) is 9.59 Å². The van der Waals surface area contributed by atoms with Crippen LogP contribution >= 0.6 is 0 Å². The van der Waals surface area contributed by atoms with E-state index < -0.39 is 0 Å². The van der Waals surface area contributed by atoms with Crippen molar-refractivity contribution in [1.29, 1.82) is 0 Å². The van der Waals surface area contributed by atoms with Gasteiger partial charge in [-0.3, -0.25) is 14.0 Å². The third kappa shape index (κ3) is 2.80. The number of piperidine rings is 1. The fourth-order valence-electron chi connectivity index (χ4n) is 3.16.